The Bertz CT molecular complexity index is 646. The zero-order chi connectivity index (χ0) is 18.2. The van der Waals surface area contributed by atoms with Gasteiger partial charge in [-0.15, -0.1) is 0 Å². The van der Waals surface area contributed by atoms with Crippen molar-refractivity contribution in [3.8, 4) is 0 Å². The van der Waals surface area contributed by atoms with E-state index < -0.39 is 12.1 Å². The molecule has 0 amide bonds. The Kier molecular flexibility index (Phi) is 6.80. The number of unbranched alkanes of at least 4 members (excludes halogenated alkanes) is 1. The van der Waals surface area contributed by atoms with E-state index in [1.165, 1.54) is 31.5 Å². The third-order valence-corrected chi connectivity index (χ3v) is 4.26. The molecule has 0 bridgehead atoms. The number of carbonyl (C=O) groups is 1. The van der Waals surface area contributed by atoms with Crippen LogP contribution in [-0.4, -0.2) is 31.3 Å². The van der Waals surface area contributed by atoms with Crippen LogP contribution in [0.1, 0.15) is 39.0 Å². The van der Waals surface area contributed by atoms with Gasteiger partial charge in [0.15, 0.2) is 11.9 Å². The van der Waals surface area contributed by atoms with Gasteiger partial charge in [0.05, 0.1) is 7.11 Å². The molecule has 0 saturated heterocycles. The molecule has 136 valence electrons. The van der Waals surface area contributed by atoms with Gasteiger partial charge in [0.1, 0.15) is 5.84 Å². The highest BCUT2D eigenvalue weighted by atomic mass is 16.5. The van der Waals surface area contributed by atoms with E-state index in [0.29, 0.717) is 11.8 Å². The van der Waals surface area contributed by atoms with Crippen LogP contribution in [0.4, 0.5) is 0 Å². The number of allylic oxidation sites excluding steroid dienone is 3. The molecule has 1 aliphatic carbocycles. The molecule has 1 fully saturated rings. The number of nitrogens with two attached hydrogens (primary N) is 2. The number of amidine groups is 1. The standard InChI is InChI=1S/C18H27N5O2/c1-3-4-5-12-6-7-13(8-12)14(19)9-16(20)23-17-11-21-15(10-22-17)18(24)25-2/h5,9-11,13,17,22H,3-4,6-8,19H2,1-2H3,(H2,20,23)/b12-5-,14-9-. The van der Waals surface area contributed by atoms with Gasteiger partial charge in [-0.1, -0.05) is 25.0 Å². The molecule has 7 heteroatoms. The fraction of sp³-hybridized carbons (Fsp3) is 0.500. The van der Waals surface area contributed by atoms with E-state index in [9.17, 15) is 4.79 Å². The predicted octanol–water partition coefficient (Wildman–Crippen LogP) is 1.73. The van der Waals surface area contributed by atoms with Crippen LogP contribution in [0, 0.1) is 5.92 Å². The lowest BCUT2D eigenvalue weighted by Gasteiger charge is -2.14. The van der Waals surface area contributed by atoms with Crippen molar-refractivity contribution in [1.82, 2.24) is 5.32 Å². The van der Waals surface area contributed by atoms with Crippen LogP contribution in [0.2, 0.25) is 0 Å². The van der Waals surface area contributed by atoms with E-state index in [1.807, 2.05) is 0 Å². The number of methoxy groups -OCH3 is 1. The highest BCUT2D eigenvalue weighted by Crippen LogP contribution is 2.33. The van der Waals surface area contributed by atoms with Crippen LogP contribution in [0.25, 0.3) is 0 Å². The smallest absolute Gasteiger partial charge is 0.358 e. The van der Waals surface area contributed by atoms with Crippen molar-refractivity contribution in [1.29, 1.82) is 0 Å². The summed E-state index contributed by atoms with van der Waals surface area (Å²) in [7, 11) is 1.31. The van der Waals surface area contributed by atoms with Gasteiger partial charge < -0.3 is 21.5 Å². The number of carbonyl (C=O) groups excluding carboxylic acids is 1. The quantitative estimate of drug-likeness (QED) is 0.293. The van der Waals surface area contributed by atoms with E-state index in [1.54, 1.807) is 6.08 Å². The molecule has 0 spiro atoms. The zero-order valence-corrected chi connectivity index (χ0v) is 14.9. The van der Waals surface area contributed by atoms with E-state index in [2.05, 4.69) is 33.0 Å². The third-order valence-electron chi connectivity index (χ3n) is 4.26. The predicted molar refractivity (Wildman–Crippen MR) is 99.7 cm³/mol. The second-order valence-corrected chi connectivity index (χ2v) is 6.20. The SMILES string of the molecule is CCC/C=C1/CCC(/C(N)=C/C(N)=NC2C=NC(C(=O)OC)=CN2)C1. The topological polar surface area (TPSA) is 115 Å². The molecule has 0 aromatic carbocycles. The lowest BCUT2D eigenvalue weighted by molar-refractivity contribution is -0.136. The molecule has 2 rings (SSSR count). The summed E-state index contributed by atoms with van der Waals surface area (Å²) in [5.74, 6) is 0.162. The molecular formula is C18H27N5O2. The first-order valence-corrected chi connectivity index (χ1v) is 8.60. The van der Waals surface area contributed by atoms with Crippen LogP contribution in [0.3, 0.4) is 0 Å². The Morgan fingerprint density at radius 1 is 1.52 bits per heavy atom. The molecule has 7 nitrogen and oxygen atoms in total. The number of esters is 1. The largest absolute Gasteiger partial charge is 0.464 e. The Balaban J connectivity index is 1.93. The Labute approximate surface area is 148 Å². The van der Waals surface area contributed by atoms with Crippen molar-refractivity contribution < 1.29 is 9.53 Å². The van der Waals surface area contributed by atoms with Gasteiger partial charge in [0, 0.05) is 24.0 Å². The van der Waals surface area contributed by atoms with Gasteiger partial charge >= 0.3 is 5.97 Å². The Morgan fingerprint density at radius 3 is 2.96 bits per heavy atom. The zero-order valence-electron chi connectivity index (χ0n) is 14.9. The maximum atomic E-state index is 11.3. The van der Waals surface area contributed by atoms with Crippen molar-refractivity contribution >= 4 is 18.0 Å². The summed E-state index contributed by atoms with van der Waals surface area (Å²) in [6.45, 7) is 2.18. The molecule has 0 aromatic rings. The van der Waals surface area contributed by atoms with Crippen molar-refractivity contribution in [2.24, 2.45) is 27.4 Å². The van der Waals surface area contributed by atoms with Gasteiger partial charge in [-0.3, -0.25) is 0 Å². The minimum atomic E-state index is -0.503. The average molecular weight is 345 g/mol. The number of aliphatic imine (C=N–C) groups is 2. The van der Waals surface area contributed by atoms with Gasteiger partial charge in [-0.2, -0.15) is 0 Å². The van der Waals surface area contributed by atoms with Gasteiger partial charge in [-0.05, 0) is 31.8 Å². The van der Waals surface area contributed by atoms with Gasteiger partial charge in [-0.25, -0.2) is 14.8 Å². The number of rotatable bonds is 6. The Hall–Kier alpha value is -2.57. The second-order valence-electron chi connectivity index (χ2n) is 6.20. The average Bonchev–Trinajstić information content (AvgIpc) is 3.09. The molecule has 1 saturated carbocycles. The summed E-state index contributed by atoms with van der Waals surface area (Å²) in [4.78, 5) is 19.7. The molecule has 2 aliphatic rings. The number of hydrogen-bond acceptors (Lipinski definition) is 6. The second kappa shape index (κ2) is 9.05. The first kappa shape index (κ1) is 18.8. The normalized spacial score (nSPS) is 25.7. The van der Waals surface area contributed by atoms with E-state index in [4.69, 9.17) is 11.5 Å². The van der Waals surface area contributed by atoms with Crippen LogP contribution >= 0.6 is 0 Å². The molecule has 0 aromatic heterocycles. The van der Waals surface area contributed by atoms with Gasteiger partial charge in [0.25, 0.3) is 0 Å². The maximum Gasteiger partial charge on any atom is 0.358 e. The summed E-state index contributed by atoms with van der Waals surface area (Å²) in [6.07, 6.45) is 12.1. The molecule has 5 N–H and O–H groups in total. The van der Waals surface area contributed by atoms with Crippen molar-refractivity contribution in [2.75, 3.05) is 7.11 Å². The Morgan fingerprint density at radius 2 is 2.32 bits per heavy atom. The summed E-state index contributed by atoms with van der Waals surface area (Å²) in [6, 6.07) is 0. The minimum Gasteiger partial charge on any atom is -0.464 e. The first-order valence-electron chi connectivity index (χ1n) is 8.60. The van der Waals surface area contributed by atoms with E-state index >= 15 is 0 Å². The van der Waals surface area contributed by atoms with Crippen molar-refractivity contribution in [2.45, 2.75) is 45.2 Å². The highest BCUT2D eigenvalue weighted by molar-refractivity contribution is 5.94. The van der Waals surface area contributed by atoms with Gasteiger partial charge in [0.2, 0.25) is 0 Å². The lowest BCUT2D eigenvalue weighted by atomic mass is 10.0. The van der Waals surface area contributed by atoms with E-state index in [0.717, 1.165) is 31.4 Å². The molecule has 2 atom stereocenters. The number of hydrogen-bond donors (Lipinski definition) is 3. The lowest BCUT2D eigenvalue weighted by Crippen LogP contribution is -2.31. The number of nitrogens with zero attached hydrogens (tertiary/aromatic N) is 2. The molecular weight excluding hydrogens is 318 g/mol. The maximum absolute atomic E-state index is 11.3. The molecule has 1 aliphatic heterocycles. The van der Waals surface area contributed by atoms with Crippen LogP contribution in [0.15, 0.2) is 45.3 Å². The fourth-order valence-corrected chi connectivity index (χ4v) is 2.87. The molecule has 25 heavy (non-hydrogen) atoms. The van der Waals surface area contributed by atoms with Crippen LogP contribution in [-0.2, 0) is 9.53 Å². The molecule has 2 unspecified atom stereocenters. The summed E-state index contributed by atoms with van der Waals surface area (Å²) in [5.41, 5.74) is 14.6. The highest BCUT2D eigenvalue weighted by Gasteiger charge is 2.21. The van der Waals surface area contributed by atoms with E-state index in [-0.39, 0.29) is 5.70 Å². The van der Waals surface area contributed by atoms with Crippen molar-refractivity contribution in [3.05, 3.63) is 35.3 Å². The summed E-state index contributed by atoms with van der Waals surface area (Å²) < 4.78 is 4.60. The third kappa shape index (κ3) is 5.48. The summed E-state index contributed by atoms with van der Waals surface area (Å²) >= 11 is 0. The van der Waals surface area contributed by atoms with Crippen LogP contribution < -0.4 is 16.8 Å². The summed E-state index contributed by atoms with van der Waals surface area (Å²) in [5, 5.41) is 2.93. The van der Waals surface area contributed by atoms with Crippen molar-refractivity contribution in [3.63, 3.8) is 0 Å². The number of nitrogens with one attached hydrogen (secondary N) is 1. The first-order chi connectivity index (χ1) is 12.0. The molecule has 0 radical (unpaired) electrons. The molecule has 1 heterocycles. The monoisotopic (exact) mass is 345 g/mol. The van der Waals surface area contributed by atoms with Crippen LogP contribution in [0.5, 0.6) is 0 Å². The fourth-order valence-electron chi connectivity index (χ4n) is 2.87. The number of ether oxygens (including phenoxy) is 1. The minimum absolute atomic E-state index is 0.194.